The lowest BCUT2D eigenvalue weighted by Crippen LogP contribution is -2.39. The lowest BCUT2D eigenvalue weighted by atomic mass is 10.1. The van der Waals surface area contributed by atoms with Crippen molar-refractivity contribution in [3.63, 3.8) is 0 Å². The molecule has 1 aromatic carbocycles. The minimum absolute atomic E-state index is 0.0171. The maximum absolute atomic E-state index is 12.4. The maximum Gasteiger partial charge on any atom is 0.355 e. The zero-order valence-corrected chi connectivity index (χ0v) is 16.6. The summed E-state index contributed by atoms with van der Waals surface area (Å²) >= 11 is 12.5. The fourth-order valence-electron chi connectivity index (χ4n) is 2.40. The first-order chi connectivity index (χ1) is 12.9. The van der Waals surface area contributed by atoms with Gasteiger partial charge in [-0.15, -0.1) is 0 Å². The molecule has 10 heteroatoms. The van der Waals surface area contributed by atoms with Gasteiger partial charge >= 0.3 is 11.9 Å². The van der Waals surface area contributed by atoms with Crippen molar-refractivity contribution in [1.82, 2.24) is 0 Å². The SMILES string of the molecule is COCCOc1cc(N2COCC(C(=O)OC)=C2C(=O)OC)c(Cl)cc1Cl. The van der Waals surface area contributed by atoms with Crippen molar-refractivity contribution < 1.29 is 33.3 Å². The Balaban J connectivity index is 2.51. The van der Waals surface area contributed by atoms with Gasteiger partial charge in [0.1, 0.15) is 24.8 Å². The normalized spacial score (nSPS) is 14.2. The molecule has 1 aliphatic rings. The van der Waals surface area contributed by atoms with Gasteiger partial charge in [0.05, 0.1) is 48.7 Å². The summed E-state index contributed by atoms with van der Waals surface area (Å²) < 4.78 is 25.5. The Labute approximate surface area is 166 Å². The highest BCUT2D eigenvalue weighted by molar-refractivity contribution is 6.37. The summed E-state index contributed by atoms with van der Waals surface area (Å²) in [5.74, 6) is -1.10. The highest BCUT2D eigenvalue weighted by Crippen LogP contribution is 2.39. The second-order valence-corrected chi connectivity index (χ2v) is 6.11. The van der Waals surface area contributed by atoms with E-state index < -0.39 is 11.9 Å². The van der Waals surface area contributed by atoms with Crippen LogP contribution >= 0.6 is 23.2 Å². The summed E-state index contributed by atoms with van der Waals surface area (Å²) in [5, 5.41) is 0.518. The van der Waals surface area contributed by atoms with E-state index in [9.17, 15) is 9.59 Å². The standard InChI is InChI=1S/C17H19Cl2NO7/c1-23-4-5-27-14-7-13(11(18)6-12(14)19)20-9-26-8-10(16(21)24-2)15(20)17(22)25-3/h6-7H,4-5,8-9H2,1-3H3. The van der Waals surface area contributed by atoms with Crippen molar-refractivity contribution in [2.75, 3.05) is 52.8 Å². The Hall–Kier alpha value is -2.00. The molecule has 0 saturated heterocycles. The van der Waals surface area contributed by atoms with Gasteiger partial charge in [0.2, 0.25) is 0 Å². The maximum atomic E-state index is 12.4. The highest BCUT2D eigenvalue weighted by atomic mass is 35.5. The van der Waals surface area contributed by atoms with Crippen LogP contribution in [0.1, 0.15) is 0 Å². The summed E-state index contributed by atoms with van der Waals surface area (Å²) in [6.45, 7) is 0.488. The molecule has 27 heavy (non-hydrogen) atoms. The molecular formula is C17H19Cl2NO7. The number of carbonyl (C=O) groups excluding carboxylic acids is 2. The van der Waals surface area contributed by atoms with Gasteiger partial charge in [-0.25, -0.2) is 9.59 Å². The highest BCUT2D eigenvalue weighted by Gasteiger charge is 2.33. The van der Waals surface area contributed by atoms with E-state index in [0.29, 0.717) is 18.0 Å². The number of hydrogen-bond donors (Lipinski definition) is 0. The minimum Gasteiger partial charge on any atom is -0.490 e. The average Bonchev–Trinajstić information content (AvgIpc) is 2.68. The van der Waals surface area contributed by atoms with E-state index in [1.165, 1.54) is 25.2 Å². The van der Waals surface area contributed by atoms with Gasteiger partial charge in [0, 0.05) is 13.2 Å². The lowest BCUT2D eigenvalue weighted by Gasteiger charge is -2.32. The molecule has 0 saturated carbocycles. The topological polar surface area (TPSA) is 83.5 Å². The Morgan fingerprint density at radius 3 is 2.41 bits per heavy atom. The molecule has 0 amide bonds. The minimum atomic E-state index is -0.730. The first-order valence-corrected chi connectivity index (χ1v) is 8.56. The van der Waals surface area contributed by atoms with E-state index in [4.69, 9.17) is 46.9 Å². The number of nitrogens with zero attached hydrogens (tertiary/aromatic N) is 1. The number of halogens is 2. The van der Waals surface area contributed by atoms with E-state index in [1.807, 2.05) is 0 Å². The second-order valence-electron chi connectivity index (χ2n) is 5.29. The number of esters is 2. The molecule has 0 atom stereocenters. The van der Waals surface area contributed by atoms with Crippen LogP contribution in [0, 0.1) is 0 Å². The number of methoxy groups -OCH3 is 3. The first kappa shape index (κ1) is 21.3. The molecule has 0 radical (unpaired) electrons. The molecule has 0 fully saturated rings. The molecule has 0 spiro atoms. The molecular weight excluding hydrogens is 401 g/mol. The summed E-state index contributed by atoms with van der Waals surface area (Å²) in [7, 11) is 3.96. The molecule has 1 aromatic rings. The van der Waals surface area contributed by atoms with Gasteiger partial charge in [-0.05, 0) is 6.07 Å². The van der Waals surface area contributed by atoms with E-state index in [-0.39, 0.29) is 41.3 Å². The molecule has 8 nitrogen and oxygen atoms in total. The molecule has 148 valence electrons. The first-order valence-electron chi connectivity index (χ1n) is 7.80. The predicted octanol–water partition coefficient (Wildman–Crippen LogP) is 2.41. The quantitative estimate of drug-likeness (QED) is 0.492. The summed E-state index contributed by atoms with van der Waals surface area (Å²) in [6.07, 6.45) is 0. The Bertz CT molecular complexity index is 751. The third-order valence-electron chi connectivity index (χ3n) is 3.67. The monoisotopic (exact) mass is 419 g/mol. The largest absolute Gasteiger partial charge is 0.490 e. The van der Waals surface area contributed by atoms with Crippen LogP contribution in [0.25, 0.3) is 0 Å². The van der Waals surface area contributed by atoms with Crippen molar-refractivity contribution in [2.45, 2.75) is 0 Å². The number of ether oxygens (including phenoxy) is 5. The number of hydrogen-bond acceptors (Lipinski definition) is 8. The van der Waals surface area contributed by atoms with Gasteiger partial charge in [0.15, 0.2) is 0 Å². The van der Waals surface area contributed by atoms with Crippen LogP contribution in [0.5, 0.6) is 5.75 Å². The van der Waals surface area contributed by atoms with Crippen LogP contribution in [0.15, 0.2) is 23.4 Å². The van der Waals surface area contributed by atoms with E-state index >= 15 is 0 Å². The van der Waals surface area contributed by atoms with Gasteiger partial charge in [-0.3, -0.25) is 0 Å². The molecule has 0 aliphatic carbocycles. The van der Waals surface area contributed by atoms with Gasteiger partial charge in [0.25, 0.3) is 0 Å². The lowest BCUT2D eigenvalue weighted by molar-refractivity contribution is -0.140. The van der Waals surface area contributed by atoms with Gasteiger partial charge < -0.3 is 28.6 Å². The van der Waals surface area contributed by atoms with Crippen molar-refractivity contribution >= 4 is 40.8 Å². The van der Waals surface area contributed by atoms with Crippen LogP contribution in [-0.2, 0) is 28.5 Å². The molecule has 0 N–H and O–H groups in total. The van der Waals surface area contributed by atoms with Crippen LogP contribution in [0.3, 0.4) is 0 Å². The van der Waals surface area contributed by atoms with Crippen molar-refractivity contribution in [3.8, 4) is 5.75 Å². The van der Waals surface area contributed by atoms with Crippen LogP contribution in [0.2, 0.25) is 10.0 Å². The molecule has 0 aromatic heterocycles. The van der Waals surface area contributed by atoms with Crippen LogP contribution in [0.4, 0.5) is 5.69 Å². The molecule has 1 aliphatic heterocycles. The van der Waals surface area contributed by atoms with E-state index in [1.54, 1.807) is 13.2 Å². The fourth-order valence-corrected chi connectivity index (χ4v) is 2.94. The Kier molecular flexibility index (Phi) is 7.73. The fraction of sp³-hybridized carbons (Fsp3) is 0.412. The van der Waals surface area contributed by atoms with Crippen LogP contribution in [-0.4, -0.2) is 59.8 Å². The number of anilines is 1. The molecule has 2 rings (SSSR count). The zero-order chi connectivity index (χ0) is 20.0. The van der Waals surface area contributed by atoms with Gasteiger partial charge in [-0.2, -0.15) is 0 Å². The number of rotatable bonds is 7. The third-order valence-corrected chi connectivity index (χ3v) is 4.27. The smallest absolute Gasteiger partial charge is 0.355 e. The Morgan fingerprint density at radius 2 is 1.78 bits per heavy atom. The Morgan fingerprint density at radius 1 is 1.07 bits per heavy atom. The molecule has 0 unspecified atom stereocenters. The number of benzene rings is 1. The average molecular weight is 420 g/mol. The summed E-state index contributed by atoms with van der Waals surface area (Å²) in [5.41, 5.74) is 0.348. The number of carbonyl (C=O) groups is 2. The van der Waals surface area contributed by atoms with E-state index in [0.717, 1.165) is 0 Å². The summed E-state index contributed by atoms with van der Waals surface area (Å²) in [6, 6.07) is 3.02. The van der Waals surface area contributed by atoms with E-state index in [2.05, 4.69) is 0 Å². The van der Waals surface area contributed by atoms with Crippen LogP contribution < -0.4 is 9.64 Å². The van der Waals surface area contributed by atoms with Crippen molar-refractivity contribution in [2.24, 2.45) is 0 Å². The van der Waals surface area contributed by atoms with Crippen molar-refractivity contribution in [1.29, 1.82) is 0 Å². The molecule has 1 heterocycles. The second kappa shape index (κ2) is 9.80. The third kappa shape index (κ3) is 4.84. The van der Waals surface area contributed by atoms with Gasteiger partial charge in [-0.1, -0.05) is 23.2 Å². The van der Waals surface area contributed by atoms with Crippen molar-refractivity contribution in [3.05, 3.63) is 33.4 Å². The predicted molar refractivity (Wildman–Crippen MR) is 98.2 cm³/mol. The summed E-state index contributed by atoms with van der Waals surface area (Å²) in [4.78, 5) is 25.8. The zero-order valence-electron chi connectivity index (χ0n) is 15.0. The molecule has 0 bridgehead atoms.